The normalized spacial score (nSPS) is 12.5. The largest absolute Gasteiger partial charge is 0.504 e. The first-order valence-corrected chi connectivity index (χ1v) is 21.4. The molecule has 0 saturated carbocycles. The SMILES string of the molecule is Oc1c(O)c(O)c(-c2c(O)c(O)c(N(c3ccc(-c4cc5ccccc5c5ccccc45)cc3)c3ccc4c(c3)C(c3ccccc3)(c3ccccc3)c3ccccc3-4)c(O)c2O)c(O)c1O. The van der Waals surface area contributed by atoms with Gasteiger partial charge in [0, 0.05) is 11.4 Å². The van der Waals surface area contributed by atoms with Crippen LogP contribution in [-0.2, 0) is 5.41 Å². The van der Waals surface area contributed by atoms with Gasteiger partial charge in [0.25, 0.3) is 0 Å². The first-order valence-electron chi connectivity index (χ1n) is 21.4. The number of aromatic hydroxyl groups is 9. The fraction of sp³-hybridized carbons (Fsp3) is 0.0175. The Morgan fingerprint density at radius 2 is 0.776 bits per heavy atom. The lowest BCUT2D eigenvalue weighted by atomic mass is 9.67. The van der Waals surface area contributed by atoms with Gasteiger partial charge >= 0.3 is 0 Å². The lowest BCUT2D eigenvalue weighted by molar-refractivity contribution is 0.329. The van der Waals surface area contributed by atoms with Gasteiger partial charge in [-0.25, -0.2) is 0 Å². The number of anilines is 3. The number of nitrogens with zero attached hydrogens (tertiary/aromatic N) is 1. The number of benzene rings is 10. The quantitative estimate of drug-likeness (QED) is 0.0424. The molecule has 0 saturated heterocycles. The predicted molar refractivity (Wildman–Crippen MR) is 259 cm³/mol. The average Bonchev–Trinajstić information content (AvgIpc) is 3.67. The van der Waals surface area contributed by atoms with E-state index in [9.17, 15) is 46.0 Å². The van der Waals surface area contributed by atoms with Crippen molar-refractivity contribution < 1.29 is 46.0 Å². The Morgan fingerprint density at radius 1 is 0.313 bits per heavy atom. The Morgan fingerprint density at radius 3 is 1.39 bits per heavy atom. The number of hydrogen-bond acceptors (Lipinski definition) is 10. The van der Waals surface area contributed by atoms with Gasteiger partial charge in [0.2, 0.25) is 17.2 Å². The Labute approximate surface area is 382 Å². The van der Waals surface area contributed by atoms with Crippen molar-refractivity contribution in [2.24, 2.45) is 0 Å². The lowest BCUT2D eigenvalue weighted by Gasteiger charge is -2.35. The molecule has 1 aliphatic carbocycles. The van der Waals surface area contributed by atoms with Crippen molar-refractivity contribution in [2.75, 3.05) is 4.90 Å². The maximum Gasteiger partial charge on any atom is 0.208 e. The van der Waals surface area contributed by atoms with Crippen molar-refractivity contribution in [3.8, 4) is 85.1 Å². The van der Waals surface area contributed by atoms with Crippen LogP contribution in [0.1, 0.15) is 22.3 Å². The monoisotopic (exact) mass is 881 g/mol. The molecule has 10 aromatic carbocycles. The number of hydrogen-bond donors (Lipinski definition) is 9. The smallest absolute Gasteiger partial charge is 0.208 e. The van der Waals surface area contributed by atoms with Gasteiger partial charge in [0.15, 0.2) is 34.5 Å². The van der Waals surface area contributed by atoms with Gasteiger partial charge in [-0.2, -0.15) is 0 Å². The molecule has 0 heterocycles. The van der Waals surface area contributed by atoms with Gasteiger partial charge in [-0.3, -0.25) is 0 Å². The van der Waals surface area contributed by atoms with E-state index >= 15 is 0 Å². The highest BCUT2D eigenvalue weighted by Crippen LogP contribution is 2.64. The molecule has 0 spiro atoms. The highest BCUT2D eigenvalue weighted by Gasteiger charge is 2.46. The number of phenolic OH excluding ortho intramolecular Hbond substituents is 9. The second-order valence-electron chi connectivity index (χ2n) is 16.6. The third-order valence-corrected chi connectivity index (χ3v) is 13.1. The zero-order valence-corrected chi connectivity index (χ0v) is 35.3. The first kappa shape index (κ1) is 40.5. The van der Waals surface area contributed by atoms with E-state index in [-0.39, 0.29) is 0 Å². The van der Waals surface area contributed by atoms with E-state index in [1.807, 2.05) is 97.1 Å². The molecule has 0 amide bonds. The van der Waals surface area contributed by atoms with Gasteiger partial charge in [-0.1, -0.05) is 152 Å². The van der Waals surface area contributed by atoms with E-state index in [1.54, 1.807) is 18.2 Å². The van der Waals surface area contributed by atoms with E-state index in [4.69, 9.17) is 0 Å². The summed E-state index contributed by atoms with van der Waals surface area (Å²) < 4.78 is 0. The fourth-order valence-electron chi connectivity index (χ4n) is 10.1. The molecule has 0 aliphatic heterocycles. The average molecular weight is 882 g/mol. The number of rotatable bonds is 7. The summed E-state index contributed by atoms with van der Waals surface area (Å²) in [4.78, 5) is 1.48. The van der Waals surface area contributed by atoms with Crippen LogP contribution in [0.5, 0.6) is 51.7 Å². The molecule has 0 atom stereocenters. The Balaban J connectivity index is 1.18. The summed E-state index contributed by atoms with van der Waals surface area (Å²) in [5, 5.41) is 105. The zero-order chi connectivity index (χ0) is 46.3. The van der Waals surface area contributed by atoms with Crippen LogP contribution in [0.25, 0.3) is 54.9 Å². The van der Waals surface area contributed by atoms with Crippen LogP contribution in [0.4, 0.5) is 17.1 Å². The number of fused-ring (bicyclic) bond motifs is 6. The highest BCUT2D eigenvalue weighted by molar-refractivity contribution is 6.14. The maximum absolute atomic E-state index is 12.2. The van der Waals surface area contributed by atoms with Crippen molar-refractivity contribution >= 4 is 38.6 Å². The zero-order valence-electron chi connectivity index (χ0n) is 35.3. The van der Waals surface area contributed by atoms with Gasteiger partial charge in [-0.05, 0) is 96.4 Å². The molecule has 9 N–H and O–H groups in total. The molecule has 0 bridgehead atoms. The molecule has 10 nitrogen and oxygen atoms in total. The van der Waals surface area contributed by atoms with E-state index in [0.29, 0.717) is 11.4 Å². The molecular formula is C57H39NO9. The molecular weight excluding hydrogens is 843 g/mol. The van der Waals surface area contributed by atoms with Crippen molar-refractivity contribution in [1.82, 2.24) is 0 Å². The van der Waals surface area contributed by atoms with Crippen molar-refractivity contribution in [3.63, 3.8) is 0 Å². The molecule has 67 heavy (non-hydrogen) atoms. The predicted octanol–water partition coefficient (Wildman–Crippen LogP) is 12.5. The second kappa shape index (κ2) is 15.2. The van der Waals surface area contributed by atoms with Crippen LogP contribution in [0.3, 0.4) is 0 Å². The van der Waals surface area contributed by atoms with Crippen molar-refractivity contribution in [3.05, 3.63) is 204 Å². The summed E-state index contributed by atoms with van der Waals surface area (Å²) in [6.45, 7) is 0. The minimum absolute atomic E-state index is 0.372. The van der Waals surface area contributed by atoms with E-state index in [2.05, 4.69) is 66.7 Å². The van der Waals surface area contributed by atoms with Gasteiger partial charge in [-0.15, -0.1) is 0 Å². The summed E-state index contributed by atoms with van der Waals surface area (Å²) in [5.74, 6) is -10.7. The minimum atomic E-state index is -1.30. The third kappa shape index (κ3) is 5.83. The molecule has 0 radical (unpaired) electrons. The summed E-state index contributed by atoms with van der Waals surface area (Å²) in [7, 11) is 0. The maximum atomic E-state index is 12.2. The van der Waals surface area contributed by atoms with Gasteiger partial charge in [0.1, 0.15) is 5.69 Å². The van der Waals surface area contributed by atoms with Crippen LogP contribution in [0.2, 0.25) is 0 Å². The molecule has 0 fully saturated rings. The molecule has 10 aromatic rings. The lowest BCUT2D eigenvalue weighted by Crippen LogP contribution is -2.28. The third-order valence-electron chi connectivity index (χ3n) is 13.1. The van der Waals surface area contributed by atoms with Crippen LogP contribution >= 0.6 is 0 Å². The topological polar surface area (TPSA) is 185 Å². The minimum Gasteiger partial charge on any atom is -0.504 e. The second-order valence-corrected chi connectivity index (χ2v) is 16.6. The molecule has 10 heteroatoms. The molecule has 0 aromatic heterocycles. The van der Waals surface area contributed by atoms with Gasteiger partial charge < -0.3 is 50.9 Å². The fourth-order valence-corrected chi connectivity index (χ4v) is 10.1. The first-order chi connectivity index (χ1) is 32.5. The number of phenols is 9. The van der Waals surface area contributed by atoms with Gasteiger partial charge in [0.05, 0.1) is 16.5 Å². The Hall–Kier alpha value is -9.28. The van der Waals surface area contributed by atoms with E-state index in [1.165, 1.54) is 4.90 Å². The summed E-state index contributed by atoms with van der Waals surface area (Å²) in [6, 6.07) is 59.9. The van der Waals surface area contributed by atoms with Crippen LogP contribution < -0.4 is 4.90 Å². The highest BCUT2D eigenvalue weighted by atomic mass is 16.4. The van der Waals surface area contributed by atoms with Crippen LogP contribution in [-0.4, -0.2) is 46.0 Å². The molecule has 11 rings (SSSR count). The van der Waals surface area contributed by atoms with Crippen LogP contribution in [0, 0.1) is 0 Å². The van der Waals surface area contributed by atoms with Crippen molar-refractivity contribution in [1.29, 1.82) is 0 Å². The molecule has 0 unspecified atom stereocenters. The van der Waals surface area contributed by atoms with E-state index in [0.717, 1.165) is 66.1 Å². The summed E-state index contributed by atoms with van der Waals surface area (Å²) in [6.07, 6.45) is 0. The molecule has 326 valence electrons. The molecule has 1 aliphatic rings. The standard InChI is InChI=1S/C57H39NO9/c59-48-45(46-50(61)54(65)56(67)55(66)51(46)62)49(60)53(64)47(52(48)63)58(35-25-23-31(24-26-35)42-29-32-13-7-8-18-37(32)38-19-9-10-20-39(38)42)36-27-28-41-40-21-11-12-22-43(40)57(44(41)30-36,33-14-3-1-4-15-33)34-16-5-2-6-17-34/h1-30,59-67H. The van der Waals surface area contributed by atoms with E-state index < -0.39 is 74.0 Å². The summed E-state index contributed by atoms with van der Waals surface area (Å²) >= 11 is 0. The van der Waals surface area contributed by atoms with Crippen molar-refractivity contribution in [2.45, 2.75) is 5.41 Å². The Bertz CT molecular complexity index is 3530. The van der Waals surface area contributed by atoms with Crippen LogP contribution in [0.15, 0.2) is 182 Å². The summed E-state index contributed by atoms with van der Waals surface area (Å²) in [5.41, 5.74) is 5.07. The Kier molecular flexibility index (Phi) is 9.17.